The zero-order valence-corrected chi connectivity index (χ0v) is 9.91. The fraction of sp³-hybridized carbons (Fsp3) is 0.417. The van der Waals surface area contributed by atoms with Gasteiger partial charge in [-0.1, -0.05) is 6.07 Å². The summed E-state index contributed by atoms with van der Waals surface area (Å²) >= 11 is 1.95. The maximum Gasteiger partial charge on any atom is 0.0992 e. The maximum absolute atomic E-state index is 8.89. The highest BCUT2D eigenvalue weighted by atomic mass is 32.2. The van der Waals surface area contributed by atoms with Crippen molar-refractivity contribution in [3.8, 4) is 6.07 Å². The van der Waals surface area contributed by atoms with E-state index in [1.807, 2.05) is 30.0 Å². The average Bonchev–Trinajstić information content (AvgIpc) is 2.38. The maximum atomic E-state index is 8.89. The zero-order chi connectivity index (χ0) is 11.4. The summed E-state index contributed by atoms with van der Waals surface area (Å²) in [6.45, 7) is 1.69. The van der Waals surface area contributed by atoms with Gasteiger partial charge in [0.1, 0.15) is 0 Å². The molecule has 1 aromatic rings. The lowest BCUT2D eigenvalue weighted by Gasteiger charge is -2.36. The van der Waals surface area contributed by atoms with E-state index < -0.39 is 0 Å². The largest absolute Gasteiger partial charge is 0.366 e. The van der Waals surface area contributed by atoms with Crippen LogP contribution in [0.15, 0.2) is 24.3 Å². The summed E-state index contributed by atoms with van der Waals surface area (Å²) in [5.41, 5.74) is 7.62. The smallest absolute Gasteiger partial charge is 0.0992 e. The summed E-state index contributed by atoms with van der Waals surface area (Å²) < 4.78 is 0. The number of nitrogens with zero attached hydrogens (tertiary/aromatic N) is 2. The van der Waals surface area contributed by atoms with Gasteiger partial charge in [0.05, 0.1) is 17.7 Å². The Morgan fingerprint density at radius 1 is 1.56 bits per heavy atom. The third kappa shape index (κ3) is 2.31. The summed E-state index contributed by atoms with van der Waals surface area (Å²) in [6, 6.07) is 10.3. The van der Waals surface area contributed by atoms with Gasteiger partial charge in [-0.15, -0.1) is 0 Å². The normalized spacial score (nSPS) is 20.5. The van der Waals surface area contributed by atoms with Crippen molar-refractivity contribution in [2.75, 3.05) is 29.5 Å². The number of hydrogen-bond acceptors (Lipinski definition) is 4. The number of thioether (sulfide) groups is 1. The number of nitrogens with two attached hydrogens (primary N) is 1. The molecule has 4 heteroatoms. The van der Waals surface area contributed by atoms with E-state index in [0.717, 1.165) is 23.7 Å². The van der Waals surface area contributed by atoms with Gasteiger partial charge >= 0.3 is 0 Å². The van der Waals surface area contributed by atoms with Gasteiger partial charge in [0, 0.05) is 30.3 Å². The van der Waals surface area contributed by atoms with Crippen molar-refractivity contribution >= 4 is 17.4 Å². The van der Waals surface area contributed by atoms with Crippen LogP contribution in [0.1, 0.15) is 5.56 Å². The first-order chi connectivity index (χ1) is 7.85. The highest BCUT2D eigenvalue weighted by Crippen LogP contribution is 2.24. The predicted octanol–water partition coefficient (Wildman–Crippen LogP) is 1.44. The lowest BCUT2D eigenvalue weighted by Crippen LogP contribution is -2.46. The first-order valence-corrected chi connectivity index (χ1v) is 6.55. The molecule has 1 aromatic carbocycles. The van der Waals surface area contributed by atoms with Crippen molar-refractivity contribution in [3.63, 3.8) is 0 Å². The van der Waals surface area contributed by atoms with Crippen molar-refractivity contribution in [2.24, 2.45) is 5.73 Å². The Bertz CT molecular complexity index is 399. The summed E-state index contributed by atoms with van der Waals surface area (Å²) in [4.78, 5) is 2.32. The first-order valence-electron chi connectivity index (χ1n) is 5.40. The Hall–Kier alpha value is -1.18. The zero-order valence-electron chi connectivity index (χ0n) is 9.10. The molecular formula is C12H15N3S. The van der Waals surface area contributed by atoms with E-state index in [4.69, 9.17) is 11.0 Å². The molecule has 1 saturated heterocycles. The van der Waals surface area contributed by atoms with Gasteiger partial charge in [-0.3, -0.25) is 0 Å². The SMILES string of the molecule is N#Cc1cccc(N2CCSCC2CN)c1. The number of nitriles is 1. The van der Waals surface area contributed by atoms with Crippen molar-refractivity contribution in [1.29, 1.82) is 5.26 Å². The summed E-state index contributed by atoms with van der Waals surface area (Å²) in [6.07, 6.45) is 0. The number of anilines is 1. The number of benzene rings is 1. The van der Waals surface area contributed by atoms with Crippen LogP contribution in [-0.4, -0.2) is 30.6 Å². The van der Waals surface area contributed by atoms with Crippen LogP contribution in [0.2, 0.25) is 0 Å². The first kappa shape index (κ1) is 11.3. The second kappa shape index (κ2) is 5.24. The fourth-order valence-corrected chi connectivity index (χ4v) is 3.02. The molecule has 0 bridgehead atoms. The van der Waals surface area contributed by atoms with E-state index in [0.29, 0.717) is 18.2 Å². The monoisotopic (exact) mass is 233 g/mol. The third-order valence-electron chi connectivity index (χ3n) is 2.81. The Morgan fingerprint density at radius 2 is 2.44 bits per heavy atom. The highest BCUT2D eigenvalue weighted by Gasteiger charge is 2.21. The van der Waals surface area contributed by atoms with E-state index in [-0.39, 0.29) is 0 Å². The predicted molar refractivity (Wildman–Crippen MR) is 68.7 cm³/mol. The van der Waals surface area contributed by atoms with Gasteiger partial charge in [0.2, 0.25) is 0 Å². The third-order valence-corrected chi connectivity index (χ3v) is 3.90. The van der Waals surface area contributed by atoms with Crippen LogP contribution < -0.4 is 10.6 Å². The van der Waals surface area contributed by atoms with Crippen molar-refractivity contribution in [2.45, 2.75) is 6.04 Å². The molecule has 1 heterocycles. The minimum atomic E-state index is 0.396. The molecule has 1 unspecified atom stereocenters. The standard InChI is InChI=1S/C12H15N3S/c13-7-10-2-1-3-11(6-10)15-4-5-16-9-12(15)8-14/h1-3,6,12H,4-5,8-9,14H2. The Morgan fingerprint density at radius 3 is 3.19 bits per heavy atom. The van der Waals surface area contributed by atoms with E-state index in [1.54, 1.807) is 0 Å². The van der Waals surface area contributed by atoms with Gasteiger partial charge < -0.3 is 10.6 Å². The second-order valence-electron chi connectivity index (χ2n) is 3.82. The molecule has 16 heavy (non-hydrogen) atoms. The quantitative estimate of drug-likeness (QED) is 0.840. The van der Waals surface area contributed by atoms with E-state index >= 15 is 0 Å². The fourth-order valence-electron chi connectivity index (χ4n) is 1.94. The molecule has 0 amide bonds. The summed E-state index contributed by atoms with van der Waals surface area (Å²) in [5, 5.41) is 8.89. The molecule has 1 aliphatic heterocycles. The van der Waals surface area contributed by atoms with Gasteiger partial charge in [-0.05, 0) is 18.2 Å². The van der Waals surface area contributed by atoms with Crippen LogP contribution >= 0.6 is 11.8 Å². The van der Waals surface area contributed by atoms with Crippen LogP contribution in [0, 0.1) is 11.3 Å². The van der Waals surface area contributed by atoms with Gasteiger partial charge in [0.15, 0.2) is 0 Å². The Labute approximate surface area is 100 Å². The van der Waals surface area contributed by atoms with Crippen molar-refractivity contribution < 1.29 is 0 Å². The second-order valence-corrected chi connectivity index (χ2v) is 4.97. The minimum Gasteiger partial charge on any atom is -0.366 e. The van der Waals surface area contributed by atoms with Gasteiger partial charge in [-0.2, -0.15) is 17.0 Å². The average molecular weight is 233 g/mol. The minimum absolute atomic E-state index is 0.396. The van der Waals surface area contributed by atoms with Crippen molar-refractivity contribution in [3.05, 3.63) is 29.8 Å². The molecule has 0 aliphatic carbocycles. The molecule has 1 fully saturated rings. The number of hydrogen-bond donors (Lipinski definition) is 1. The molecule has 0 radical (unpaired) electrons. The molecule has 1 aliphatic rings. The molecule has 1 atom stereocenters. The van der Waals surface area contributed by atoms with E-state index in [2.05, 4.69) is 17.0 Å². The topological polar surface area (TPSA) is 53.0 Å². The highest BCUT2D eigenvalue weighted by molar-refractivity contribution is 7.99. The lowest BCUT2D eigenvalue weighted by atomic mass is 10.1. The molecule has 0 aromatic heterocycles. The lowest BCUT2D eigenvalue weighted by molar-refractivity contribution is 0.655. The van der Waals surface area contributed by atoms with Crippen molar-refractivity contribution in [1.82, 2.24) is 0 Å². The molecule has 2 N–H and O–H groups in total. The summed E-state index contributed by atoms with van der Waals surface area (Å²) in [5.74, 6) is 2.21. The molecule has 2 rings (SSSR count). The molecular weight excluding hydrogens is 218 g/mol. The van der Waals surface area contributed by atoms with Crippen LogP contribution in [0.4, 0.5) is 5.69 Å². The van der Waals surface area contributed by atoms with Crippen LogP contribution in [0.3, 0.4) is 0 Å². The Balaban J connectivity index is 2.24. The van der Waals surface area contributed by atoms with Gasteiger partial charge in [0.25, 0.3) is 0 Å². The molecule has 0 saturated carbocycles. The Kier molecular flexibility index (Phi) is 3.70. The van der Waals surface area contributed by atoms with E-state index in [1.165, 1.54) is 0 Å². The molecule has 84 valence electrons. The van der Waals surface area contributed by atoms with Crippen LogP contribution in [-0.2, 0) is 0 Å². The van der Waals surface area contributed by atoms with E-state index in [9.17, 15) is 0 Å². The summed E-state index contributed by atoms with van der Waals surface area (Å²) in [7, 11) is 0. The number of rotatable bonds is 2. The van der Waals surface area contributed by atoms with Gasteiger partial charge in [-0.25, -0.2) is 0 Å². The molecule has 0 spiro atoms. The van der Waals surface area contributed by atoms with Crippen LogP contribution in [0.5, 0.6) is 0 Å². The van der Waals surface area contributed by atoms with Crippen LogP contribution in [0.25, 0.3) is 0 Å². The molecule has 3 nitrogen and oxygen atoms in total.